The number of hydrogen-bond acceptors (Lipinski definition) is 5. The lowest BCUT2D eigenvalue weighted by Crippen LogP contribution is -2.30. The molecule has 1 fully saturated rings. The molecule has 1 aliphatic heterocycles. The van der Waals surface area contributed by atoms with E-state index in [4.69, 9.17) is 18.0 Å². The molecule has 0 spiro atoms. The Bertz CT molecular complexity index is 656. The van der Waals surface area contributed by atoms with Gasteiger partial charge < -0.3 is 10.6 Å². The average Bonchev–Trinajstić information content (AvgIpc) is 3.14. The molecule has 0 aromatic heterocycles. The SMILES string of the molecule is CCN1c2ccc(/C=C(\C=O)SC(=S)CN)cc2C2CCCC21. The summed E-state index contributed by atoms with van der Waals surface area (Å²) in [6, 6.07) is 7.22. The molecule has 0 bridgehead atoms. The molecule has 1 aromatic rings. The van der Waals surface area contributed by atoms with Crippen LogP contribution in [0.25, 0.3) is 6.08 Å². The van der Waals surface area contributed by atoms with Crippen LogP contribution in [0.4, 0.5) is 5.69 Å². The van der Waals surface area contributed by atoms with Gasteiger partial charge in [-0.25, -0.2) is 0 Å². The molecule has 1 aromatic carbocycles. The van der Waals surface area contributed by atoms with Crippen LogP contribution in [0, 0.1) is 0 Å². The molecule has 2 N–H and O–H groups in total. The summed E-state index contributed by atoms with van der Waals surface area (Å²) in [5, 5.41) is 0. The van der Waals surface area contributed by atoms with Crippen LogP contribution in [0.15, 0.2) is 23.1 Å². The number of thiocarbonyl (C=S) groups is 1. The van der Waals surface area contributed by atoms with Crippen LogP contribution in [0.3, 0.4) is 0 Å². The minimum absolute atomic E-state index is 0.310. The zero-order valence-electron chi connectivity index (χ0n) is 13.3. The number of allylic oxidation sites excluding steroid dienone is 1. The number of nitrogens with zero attached hydrogens (tertiary/aromatic N) is 1. The summed E-state index contributed by atoms with van der Waals surface area (Å²) >= 11 is 6.40. The first-order valence-electron chi connectivity index (χ1n) is 8.16. The second-order valence-corrected chi connectivity index (χ2v) is 7.97. The van der Waals surface area contributed by atoms with Gasteiger partial charge in [0.1, 0.15) is 0 Å². The highest BCUT2D eigenvalue weighted by molar-refractivity contribution is 8.26. The van der Waals surface area contributed by atoms with Crippen LogP contribution in [-0.4, -0.2) is 29.6 Å². The van der Waals surface area contributed by atoms with Crippen molar-refractivity contribution >= 4 is 46.2 Å². The number of carbonyl (C=O) groups excluding carboxylic acids is 1. The molecule has 2 unspecified atom stereocenters. The van der Waals surface area contributed by atoms with Crippen molar-refractivity contribution in [3.05, 3.63) is 34.2 Å². The zero-order chi connectivity index (χ0) is 16.4. The summed E-state index contributed by atoms with van der Waals surface area (Å²) in [5.74, 6) is 0.649. The maximum atomic E-state index is 11.3. The number of anilines is 1. The van der Waals surface area contributed by atoms with Gasteiger partial charge in [0, 0.05) is 30.7 Å². The van der Waals surface area contributed by atoms with E-state index >= 15 is 0 Å². The first-order valence-corrected chi connectivity index (χ1v) is 9.38. The van der Waals surface area contributed by atoms with E-state index in [0.717, 1.165) is 18.4 Å². The van der Waals surface area contributed by atoms with E-state index in [1.807, 2.05) is 6.08 Å². The molecule has 2 atom stereocenters. The summed E-state index contributed by atoms with van der Waals surface area (Å²) in [6.07, 6.45) is 6.65. The highest BCUT2D eigenvalue weighted by atomic mass is 32.2. The Balaban J connectivity index is 1.91. The molecule has 2 aliphatic rings. The fourth-order valence-corrected chi connectivity index (χ4v) is 4.78. The Labute approximate surface area is 147 Å². The number of likely N-dealkylation sites (N-methyl/N-ethyl adjacent to an activating group) is 1. The monoisotopic (exact) mass is 346 g/mol. The smallest absolute Gasteiger partial charge is 0.156 e. The lowest BCUT2D eigenvalue weighted by molar-refractivity contribution is -0.104. The van der Waals surface area contributed by atoms with Crippen LogP contribution < -0.4 is 10.6 Å². The summed E-state index contributed by atoms with van der Waals surface area (Å²) < 4.78 is 0.637. The van der Waals surface area contributed by atoms with Crippen LogP contribution in [0.5, 0.6) is 0 Å². The molecule has 0 radical (unpaired) electrons. The molecule has 3 rings (SSSR count). The van der Waals surface area contributed by atoms with E-state index in [-0.39, 0.29) is 0 Å². The third-order valence-electron chi connectivity index (χ3n) is 4.80. The van der Waals surface area contributed by atoms with Gasteiger partial charge in [0.15, 0.2) is 6.29 Å². The van der Waals surface area contributed by atoms with Gasteiger partial charge in [-0.05, 0) is 49.1 Å². The van der Waals surface area contributed by atoms with Crippen molar-refractivity contribution in [2.45, 2.75) is 38.1 Å². The summed E-state index contributed by atoms with van der Waals surface area (Å²) in [7, 11) is 0. The minimum atomic E-state index is 0.310. The third kappa shape index (κ3) is 3.23. The Morgan fingerprint density at radius 3 is 3.00 bits per heavy atom. The highest BCUT2D eigenvalue weighted by Crippen LogP contribution is 2.49. The average molecular weight is 347 g/mol. The summed E-state index contributed by atoms with van der Waals surface area (Å²) in [6.45, 7) is 3.60. The lowest BCUT2D eigenvalue weighted by Gasteiger charge is -2.25. The van der Waals surface area contributed by atoms with Crippen molar-refractivity contribution in [2.75, 3.05) is 18.0 Å². The van der Waals surface area contributed by atoms with E-state index in [2.05, 4.69) is 30.0 Å². The first-order chi connectivity index (χ1) is 11.2. The molecule has 1 heterocycles. The molecule has 0 saturated heterocycles. The topological polar surface area (TPSA) is 46.3 Å². The number of aldehydes is 1. The standard InChI is InChI=1S/C18H22N2OS2/c1-2-20-16-5-3-4-14(16)15-9-12(6-7-17(15)20)8-13(11-21)23-18(22)10-19/h6-9,11,14,16H,2-5,10,19H2,1H3/b13-8+. The molecule has 122 valence electrons. The van der Waals surface area contributed by atoms with E-state index in [9.17, 15) is 4.79 Å². The molecule has 1 saturated carbocycles. The van der Waals surface area contributed by atoms with E-state index in [1.165, 1.54) is 42.3 Å². The van der Waals surface area contributed by atoms with Crippen LogP contribution in [0.1, 0.15) is 43.2 Å². The third-order valence-corrected chi connectivity index (χ3v) is 6.07. The Hall–Kier alpha value is -1.17. The van der Waals surface area contributed by atoms with Crippen molar-refractivity contribution in [1.82, 2.24) is 0 Å². The largest absolute Gasteiger partial charge is 0.368 e. The zero-order valence-corrected chi connectivity index (χ0v) is 15.0. The number of carbonyl (C=O) groups is 1. The number of nitrogens with two attached hydrogens (primary N) is 1. The summed E-state index contributed by atoms with van der Waals surface area (Å²) in [5.41, 5.74) is 9.41. The molecule has 5 heteroatoms. The second-order valence-electron chi connectivity index (χ2n) is 6.05. The quantitative estimate of drug-likeness (QED) is 0.500. The number of hydrogen-bond donors (Lipinski definition) is 1. The molecular weight excluding hydrogens is 324 g/mol. The van der Waals surface area contributed by atoms with Crippen LogP contribution in [-0.2, 0) is 4.79 Å². The molecule has 1 aliphatic carbocycles. The fourth-order valence-electron chi connectivity index (χ4n) is 3.91. The van der Waals surface area contributed by atoms with Crippen molar-refractivity contribution in [3.8, 4) is 0 Å². The Kier molecular flexibility index (Phi) is 5.19. The van der Waals surface area contributed by atoms with Gasteiger partial charge in [-0.3, -0.25) is 4.79 Å². The lowest BCUT2D eigenvalue weighted by atomic mass is 9.96. The van der Waals surface area contributed by atoms with Gasteiger partial charge in [0.25, 0.3) is 0 Å². The van der Waals surface area contributed by atoms with Crippen molar-refractivity contribution in [3.63, 3.8) is 0 Å². The second kappa shape index (κ2) is 7.16. The fraction of sp³-hybridized carbons (Fsp3) is 0.444. The molecule has 3 nitrogen and oxygen atoms in total. The number of thioether (sulfide) groups is 1. The van der Waals surface area contributed by atoms with Crippen LogP contribution in [0.2, 0.25) is 0 Å². The van der Waals surface area contributed by atoms with Gasteiger partial charge in [-0.2, -0.15) is 0 Å². The predicted octanol–water partition coefficient (Wildman–Crippen LogP) is 3.72. The van der Waals surface area contributed by atoms with Gasteiger partial charge in [-0.15, -0.1) is 0 Å². The van der Waals surface area contributed by atoms with Gasteiger partial charge >= 0.3 is 0 Å². The maximum absolute atomic E-state index is 11.3. The Morgan fingerprint density at radius 2 is 2.30 bits per heavy atom. The van der Waals surface area contributed by atoms with Crippen molar-refractivity contribution in [1.29, 1.82) is 0 Å². The van der Waals surface area contributed by atoms with Crippen LogP contribution >= 0.6 is 24.0 Å². The minimum Gasteiger partial charge on any atom is -0.368 e. The number of benzene rings is 1. The highest BCUT2D eigenvalue weighted by Gasteiger charge is 2.40. The summed E-state index contributed by atoms with van der Waals surface area (Å²) in [4.78, 5) is 14.4. The predicted molar refractivity (Wildman–Crippen MR) is 103 cm³/mol. The van der Waals surface area contributed by atoms with E-state index in [1.54, 1.807) is 0 Å². The van der Waals surface area contributed by atoms with E-state index < -0.39 is 0 Å². The Morgan fingerprint density at radius 1 is 1.48 bits per heavy atom. The number of rotatable bonds is 5. The van der Waals surface area contributed by atoms with Crippen molar-refractivity contribution < 1.29 is 4.79 Å². The van der Waals surface area contributed by atoms with Gasteiger partial charge in [0.05, 0.1) is 9.10 Å². The molecule has 0 amide bonds. The van der Waals surface area contributed by atoms with Gasteiger partial charge in [-0.1, -0.05) is 36.5 Å². The number of fused-ring (bicyclic) bond motifs is 3. The van der Waals surface area contributed by atoms with Crippen molar-refractivity contribution in [2.24, 2.45) is 5.73 Å². The normalized spacial score (nSPS) is 22.9. The first kappa shape index (κ1) is 16.7. The maximum Gasteiger partial charge on any atom is 0.156 e. The van der Waals surface area contributed by atoms with E-state index in [0.29, 0.717) is 27.6 Å². The van der Waals surface area contributed by atoms with Gasteiger partial charge in [0.2, 0.25) is 0 Å². The molecular formula is C18H22N2OS2. The molecule has 23 heavy (non-hydrogen) atoms.